The molecule has 0 aliphatic carbocycles. The van der Waals surface area contributed by atoms with Gasteiger partial charge in [-0.3, -0.25) is 9.59 Å². The van der Waals surface area contributed by atoms with E-state index in [4.69, 9.17) is 5.26 Å². The van der Waals surface area contributed by atoms with Gasteiger partial charge in [0.05, 0.1) is 12.2 Å². The van der Waals surface area contributed by atoms with Crippen molar-refractivity contribution in [3.05, 3.63) is 18.1 Å². The Labute approximate surface area is 158 Å². The molecule has 0 aromatic carbocycles. The number of aliphatic hydroxyl groups is 1. The highest BCUT2D eigenvalue weighted by Crippen LogP contribution is 2.18. The van der Waals surface area contributed by atoms with Gasteiger partial charge in [-0.2, -0.15) is 5.26 Å². The fourth-order valence-corrected chi connectivity index (χ4v) is 3.52. The van der Waals surface area contributed by atoms with E-state index >= 15 is 0 Å². The number of nitrogens with one attached hydrogen (secondary N) is 1. The smallest absolute Gasteiger partial charge is 0.272 e. The van der Waals surface area contributed by atoms with E-state index in [1.165, 1.54) is 6.33 Å². The molecule has 1 aromatic rings. The van der Waals surface area contributed by atoms with Crippen LogP contribution >= 0.6 is 0 Å². The van der Waals surface area contributed by atoms with Crippen LogP contribution in [-0.4, -0.2) is 75.0 Å². The summed E-state index contributed by atoms with van der Waals surface area (Å²) < 4.78 is 0. The van der Waals surface area contributed by atoms with Crippen LogP contribution in [0.1, 0.15) is 42.6 Å². The normalized spacial score (nSPS) is 20.8. The molecule has 0 bridgehead atoms. The summed E-state index contributed by atoms with van der Waals surface area (Å²) in [6, 6.07) is 3.67. The molecule has 0 radical (unpaired) electrons. The number of β-amino-alcohol motifs (C(OH)–C–C–N with tert-alkyl or cyclic N) is 1. The molecule has 2 fully saturated rings. The zero-order valence-electron chi connectivity index (χ0n) is 15.2. The summed E-state index contributed by atoms with van der Waals surface area (Å²) in [6.07, 6.45) is 3.81. The van der Waals surface area contributed by atoms with Crippen LogP contribution in [-0.2, 0) is 4.79 Å². The maximum absolute atomic E-state index is 12.6. The van der Waals surface area contributed by atoms with Crippen LogP contribution < -0.4 is 5.32 Å². The predicted octanol–water partition coefficient (Wildman–Crippen LogP) is 0.390. The molecule has 144 valence electrons. The van der Waals surface area contributed by atoms with Gasteiger partial charge in [0.2, 0.25) is 5.91 Å². The number of nitriles is 1. The van der Waals surface area contributed by atoms with Crippen molar-refractivity contribution in [3.8, 4) is 6.07 Å². The Morgan fingerprint density at radius 1 is 1.22 bits per heavy atom. The number of nitrogens with zero attached hydrogens (tertiary/aromatic N) is 5. The molecule has 3 rings (SSSR count). The molecule has 3 heterocycles. The minimum Gasteiger partial charge on any atom is -0.391 e. The number of carbonyl (C=O) groups excluding carboxylic acids is 2. The summed E-state index contributed by atoms with van der Waals surface area (Å²) in [5.41, 5.74) is 0.309. The van der Waals surface area contributed by atoms with Gasteiger partial charge in [0, 0.05) is 38.3 Å². The number of hydrogen-bond donors (Lipinski definition) is 2. The summed E-state index contributed by atoms with van der Waals surface area (Å²) in [5.74, 6) is 0.249. The first-order chi connectivity index (χ1) is 13.1. The van der Waals surface area contributed by atoms with E-state index in [2.05, 4.69) is 15.3 Å². The van der Waals surface area contributed by atoms with Gasteiger partial charge in [-0.25, -0.2) is 9.97 Å². The van der Waals surface area contributed by atoms with Gasteiger partial charge < -0.3 is 20.2 Å². The molecular formula is C18H24N6O3. The van der Waals surface area contributed by atoms with Crippen molar-refractivity contribution in [2.24, 2.45) is 0 Å². The van der Waals surface area contributed by atoms with Gasteiger partial charge >= 0.3 is 0 Å². The molecule has 2 aliphatic rings. The molecule has 1 unspecified atom stereocenters. The van der Waals surface area contributed by atoms with Crippen LogP contribution in [0.3, 0.4) is 0 Å². The number of hydrogen-bond acceptors (Lipinski definition) is 7. The number of anilines is 1. The molecule has 27 heavy (non-hydrogen) atoms. The van der Waals surface area contributed by atoms with E-state index < -0.39 is 6.10 Å². The molecule has 1 aromatic heterocycles. The van der Waals surface area contributed by atoms with E-state index in [1.807, 2.05) is 6.07 Å². The lowest BCUT2D eigenvalue weighted by Crippen LogP contribution is -2.43. The van der Waals surface area contributed by atoms with Crippen molar-refractivity contribution in [2.45, 2.75) is 44.2 Å². The average molecular weight is 372 g/mol. The molecule has 0 spiro atoms. The van der Waals surface area contributed by atoms with Crippen LogP contribution in [0, 0.1) is 11.3 Å². The Kier molecular flexibility index (Phi) is 6.19. The molecule has 2 N–H and O–H groups in total. The minimum absolute atomic E-state index is 0.0827. The minimum atomic E-state index is -0.476. The second-order valence-electron chi connectivity index (χ2n) is 6.97. The lowest BCUT2D eigenvalue weighted by atomic mass is 10.0. The van der Waals surface area contributed by atoms with E-state index in [0.717, 1.165) is 25.7 Å². The first-order valence-electron chi connectivity index (χ1n) is 9.27. The Morgan fingerprint density at radius 3 is 2.70 bits per heavy atom. The van der Waals surface area contributed by atoms with Gasteiger partial charge in [0.25, 0.3) is 5.91 Å². The highest BCUT2D eigenvalue weighted by atomic mass is 16.3. The van der Waals surface area contributed by atoms with Gasteiger partial charge in [0.1, 0.15) is 24.3 Å². The molecular weight excluding hydrogens is 348 g/mol. The number of carbonyl (C=O) groups is 2. The average Bonchev–Trinajstić information content (AvgIpc) is 2.68. The molecule has 0 saturated carbocycles. The fourth-order valence-electron chi connectivity index (χ4n) is 3.52. The van der Waals surface area contributed by atoms with Crippen molar-refractivity contribution in [1.29, 1.82) is 5.26 Å². The van der Waals surface area contributed by atoms with Gasteiger partial charge in [-0.05, 0) is 25.7 Å². The first kappa shape index (κ1) is 19.0. The van der Waals surface area contributed by atoms with E-state index in [1.54, 1.807) is 15.9 Å². The highest BCUT2D eigenvalue weighted by molar-refractivity contribution is 5.93. The third kappa shape index (κ3) is 4.92. The Balaban J connectivity index is 1.56. The lowest BCUT2D eigenvalue weighted by Gasteiger charge is -2.32. The quantitative estimate of drug-likeness (QED) is 0.784. The fraction of sp³-hybridized carbons (Fsp3) is 0.611. The number of likely N-dealkylation sites (tertiary alicyclic amines) is 2. The molecule has 2 saturated heterocycles. The van der Waals surface area contributed by atoms with Crippen LogP contribution in [0.2, 0.25) is 0 Å². The lowest BCUT2D eigenvalue weighted by molar-refractivity contribution is -0.131. The summed E-state index contributed by atoms with van der Waals surface area (Å²) in [6.45, 7) is 2.15. The standard InChI is InChI=1S/C18H24N6O3/c19-6-3-17(26)23-8-4-13(5-9-23)22-16-10-15(20-12-21-16)18(27)24-7-1-2-14(25)11-24/h10,12-14,25H,1-5,7-9,11H2,(H,20,21,22). The van der Waals surface area contributed by atoms with Crippen molar-refractivity contribution < 1.29 is 14.7 Å². The number of piperidine rings is 2. The number of rotatable bonds is 4. The maximum Gasteiger partial charge on any atom is 0.272 e. The van der Waals surface area contributed by atoms with Gasteiger partial charge in [-0.1, -0.05) is 0 Å². The van der Waals surface area contributed by atoms with E-state index in [0.29, 0.717) is 37.7 Å². The second-order valence-corrected chi connectivity index (χ2v) is 6.97. The summed E-state index contributed by atoms with van der Waals surface area (Å²) in [7, 11) is 0. The molecule has 2 amide bonds. The second kappa shape index (κ2) is 8.77. The largest absolute Gasteiger partial charge is 0.391 e. The van der Waals surface area contributed by atoms with E-state index in [9.17, 15) is 14.7 Å². The molecule has 2 aliphatic heterocycles. The number of aromatic nitrogens is 2. The van der Waals surface area contributed by atoms with Crippen LogP contribution in [0.4, 0.5) is 5.82 Å². The van der Waals surface area contributed by atoms with Crippen molar-refractivity contribution in [1.82, 2.24) is 19.8 Å². The highest BCUT2D eigenvalue weighted by Gasteiger charge is 2.25. The van der Waals surface area contributed by atoms with E-state index in [-0.39, 0.29) is 24.3 Å². The maximum atomic E-state index is 12.6. The predicted molar refractivity (Wildman–Crippen MR) is 96.6 cm³/mol. The summed E-state index contributed by atoms with van der Waals surface area (Å²) in [5, 5.41) is 21.7. The Morgan fingerprint density at radius 2 is 2.00 bits per heavy atom. The number of amides is 2. The van der Waals surface area contributed by atoms with Gasteiger partial charge in [-0.15, -0.1) is 0 Å². The van der Waals surface area contributed by atoms with Crippen molar-refractivity contribution in [3.63, 3.8) is 0 Å². The number of aliphatic hydroxyl groups excluding tert-OH is 1. The SMILES string of the molecule is N#CCC(=O)N1CCC(Nc2cc(C(=O)N3CCCC(O)C3)ncn2)CC1. The topological polar surface area (TPSA) is 122 Å². The zero-order valence-corrected chi connectivity index (χ0v) is 15.2. The van der Waals surface area contributed by atoms with Crippen LogP contribution in [0.25, 0.3) is 0 Å². The molecule has 1 atom stereocenters. The zero-order chi connectivity index (χ0) is 19.2. The Bertz CT molecular complexity index is 726. The third-order valence-electron chi connectivity index (χ3n) is 5.00. The van der Waals surface area contributed by atoms with Crippen molar-refractivity contribution >= 4 is 17.6 Å². The first-order valence-corrected chi connectivity index (χ1v) is 9.27. The molecule has 9 heteroatoms. The summed E-state index contributed by atoms with van der Waals surface area (Å²) in [4.78, 5) is 36.0. The van der Waals surface area contributed by atoms with Crippen LogP contribution in [0.5, 0.6) is 0 Å². The monoisotopic (exact) mass is 372 g/mol. The summed E-state index contributed by atoms with van der Waals surface area (Å²) >= 11 is 0. The van der Waals surface area contributed by atoms with Crippen molar-refractivity contribution in [2.75, 3.05) is 31.5 Å². The third-order valence-corrected chi connectivity index (χ3v) is 5.00. The van der Waals surface area contributed by atoms with Gasteiger partial charge in [0.15, 0.2) is 0 Å². The van der Waals surface area contributed by atoms with Crippen LogP contribution in [0.15, 0.2) is 12.4 Å². The molecule has 9 nitrogen and oxygen atoms in total. The Hall–Kier alpha value is -2.73.